The van der Waals surface area contributed by atoms with E-state index in [1.165, 1.54) is 12.1 Å². The summed E-state index contributed by atoms with van der Waals surface area (Å²) in [6.45, 7) is 5.89. The second-order valence-electron chi connectivity index (χ2n) is 5.64. The molecule has 2 atom stereocenters. The van der Waals surface area contributed by atoms with Crippen LogP contribution in [0.15, 0.2) is 18.2 Å². The molecule has 1 aromatic carbocycles. The molecule has 100 valence electrons. The van der Waals surface area contributed by atoms with E-state index in [1.807, 2.05) is 20.8 Å². The molecule has 2 nitrogen and oxygen atoms in total. The van der Waals surface area contributed by atoms with E-state index in [2.05, 4.69) is 0 Å². The van der Waals surface area contributed by atoms with Gasteiger partial charge in [-0.1, -0.05) is 6.07 Å². The molecule has 0 spiro atoms. The van der Waals surface area contributed by atoms with E-state index in [9.17, 15) is 9.50 Å². The minimum absolute atomic E-state index is 0.0487. The third-order valence-corrected chi connectivity index (χ3v) is 3.63. The first-order valence-corrected chi connectivity index (χ1v) is 6.51. The molecule has 0 bridgehead atoms. The quantitative estimate of drug-likeness (QED) is 0.876. The van der Waals surface area contributed by atoms with Crippen molar-refractivity contribution in [1.29, 1.82) is 0 Å². The normalized spacial score (nSPS) is 32.5. The van der Waals surface area contributed by atoms with Gasteiger partial charge in [-0.2, -0.15) is 0 Å². The maximum Gasteiger partial charge on any atom is 0.123 e. The number of halogens is 1. The SMILES string of the molecule is Cc1ccc(F)cc1CC1(O)CC(C)OC(C)C1. The third kappa shape index (κ3) is 3.09. The van der Waals surface area contributed by atoms with Crippen LogP contribution in [0.3, 0.4) is 0 Å². The van der Waals surface area contributed by atoms with Gasteiger partial charge in [-0.15, -0.1) is 0 Å². The molecule has 0 aliphatic carbocycles. The largest absolute Gasteiger partial charge is 0.389 e. The fourth-order valence-corrected chi connectivity index (χ4v) is 2.98. The van der Waals surface area contributed by atoms with Crippen molar-refractivity contribution in [2.45, 2.75) is 57.8 Å². The molecule has 0 radical (unpaired) electrons. The highest BCUT2D eigenvalue weighted by atomic mass is 19.1. The molecule has 2 unspecified atom stereocenters. The van der Waals surface area contributed by atoms with E-state index in [-0.39, 0.29) is 18.0 Å². The summed E-state index contributed by atoms with van der Waals surface area (Å²) in [5.41, 5.74) is 1.13. The van der Waals surface area contributed by atoms with Gasteiger partial charge in [0, 0.05) is 19.3 Å². The molecule has 1 fully saturated rings. The lowest BCUT2D eigenvalue weighted by atomic mass is 9.81. The monoisotopic (exact) mass is 252 g/mol. The maximum atomic E-state index is 13.3. The van der Waals surface area contributed by atoms with Crippen molar-refractivity contribution in [2.24, 2.45) is 0 Å². The molecule has 0 saturated carbocycles. The van der Waals surface area contributed by atoms with Crippen LogP contribution >= 0.6 is 0 Å². The lowest BCUT2D eigenvalue weighted by molar-refractivity contribution is -0.130. The number of hydrogen-bond acceptors (Lipinski definition) is 2. The molecule has 1 N–H and O–H groups in total. The van der Waals surface area contributed by atoms with Gasteiger partial charge >= 0.3 is 0 Å². The van der Waals surface area contributed by atoms with E-state index in [1.54, 1.807) is 6.07 Å². The first-order valence-electron chi connectivity index (χ1n) is 6.51. The summed E-state index contributed by atoms with van der Waals surface area (Å²) in [7, 11) is 0. The van der Waals surface area contributed by atoms with Crippen molar-refractivity contribution in [1.82, 2.24) is 0 Å². The van der Waals surface area contributed by atoms with E-state index in [0.717, 1.165) is 11.1 Å². The molecule has 1 aliphatic heterocycles. The third-order valence-electron chi connectivity index (χ3n) is 3.63. The Bertz CT molecular complexity index is 421. The van der Waals surface area contributed by atoms with E-state index in [0.29, 0.717) is 19.3 Å². The Hall–Kier alpha value is -0.930. The minimum Gasteiger partial charge on any atom is -0.389 e. The summed E-state index contributed by atoms with van der Waals surface area (Å²) in [6, 6.07) is 4.75. The predicted octanol–water partition coefficient (Wildman–Crippen LogP) is 3.00. The highest BCUT2D eigenvalue weighted by Gasteiger charge is 2.37. The van der Waals surface area contributed by atoms with Crippen LogP contribution in [0.1, 0.15) is 37.8 Å². The van der Waals surface area contributed by atoms with E-state index < -0.39 is 5.60 Å². The molecule has 1 saturated heterocycles. The lowest BCUT2D eigenvalue weighted by Crippen LogP contribution is -2.45. The molecule has 1 aliphatic rings. The van der Waals surface area contributed by atoms with Crippen LogP contribution in [0.4, 0.5) is 4.39 Å². The summed E-state index contributed by atoms with van der Waals surface area (Å²) >= 11 is 0. The van der Waals surface area contributed by atoms with Crippen molar-refractivity contribution in [3.05, 3.63) is 35.1 Å². The van der Waals surface area contributed by atoms with Crippen LogP contribution < -0.4 is 0 Å². The van der Waals surface area contributed by atoms with Gasteiger partial charge in [0.1, 0.15) is 5.82 Å². The summed E-state index contributed by atoms with van der Waals surface area (Å²) in [5, 5.41) is 10.7. The van der Waals surface area contributed by atoms with Crippen molar-refractivity contribution >= 4 is 0 Å². The second kappa shape index (κ2) is 4.98. The minimum atomic E-state index is -0.782. The summed E-state index contributed by atoms with van der Waals surface area (Å²) < 4.78 is 18.9. The molecule has 18 heavy (non-hydrogen) atoms. The number of benzene rings is 1. The molecular weight excluding hydrogens is 231 g/mol. The van der Waals surface area contributed by atoms with Crippen LogP contribution in [0.25, 0.3) is 0 Å². The average Bonchev–Trinajstić information content (AvgIpc) is 2.21. The maximum absolute atomic E-state index is 13.3. The van der Waals surface area contributed by atoms with Gasteiger partial charge in [0.2, 0.25) is 0 Å². The smallest absolute Gasteiger partial charge is 0.123 e. The Kier molecular flexibility index (Phi) is 3.74. The fraction of sp³-hybridized carbons (Fsp3) is 0.600. The highest BCUT2D eigenvalue weighted by Crippen LogP contribution is 2.32. The van der Waals surface area contributed by atoms with Crippen LogP contribution in [-0.4, -0.2) is 22.9 Å². The topological polar surface area (TPSA) is 29.5 Å². The van der Waals surface area contributed by atoms with Gasteiger partial charge in [-0.25, -0.2) is 4.39 Å². The Labute approximate surface area is 108 Å². The highest BCUT2D eigenvalue weighted by molar-refractivity contribution is 5.28. The van der Waals surface area contributed by atoms with Crippen molar-refractivity contribution in [3.8, 4) is 0 Å². The molecule has 3 heteroatoms. The number of ether oxygens (including phenoxy) is 1. The van der Waals surface area contributed by atoms with Crippen molar-refractivity contribution in [3.63, 3.8) is 0 Å². The van der Waals surface area contributed by atoms with Crippen molar-refractivity contribution in [2.75, 3.05) is 0 Å². The Balaban J connectivity index is 2.18. The zero-order chi connectivity index (χ0) is 13.3. The van der Waals surface area contributed by atoms with Gasteiger partial charge in [-0.3, -0.25) is 0 Å². The molecule has 0 aromatic heterocycles. The number of rotatable bonds is 2. The van der Waals surface area contributed by atoms with Gasteiger partial charge in [-0.05, 0) is 44.0 Å². The second-order valence-corrected chi connectivity index (χ2v) is 5.64. The van der Waals surface area contributed by atoms with Crippen LogP contribution in [0.2, 0.25) is 0 Å². The number of aryl methyl sites for hydroxylation is 1. The molecule has 1 heterocycles. The van der Waals surface area contributed by atoms with E-state index in [4.69, 9.17) is 4.74 Å². The summed E-state index contributed by atoms with van der Waals surface area (Å²) in [4.78, 5) is 0. The zero-order valence-electron chi connectivity index (χ0n) is 11.2. The Morgan fingerprint density at radius 2 is 1.94 bits per heavy atom. The Morgan fingerprint density at radius 1 is 1.33 bits per heavy atom. The van der Waals surface area contributed by atoms with Crippen molar-refractivity contribution < 1.29 is 14.2 Å². The zero-order valence-corrected chi connectivity index (χ0v) is 11.2. The molecular formula is C15H21FO2. The Morgan fingerprint density at radius 3 is 2.56 bits per heavy atom. The summed E-state index contributed by atoms with van der Waals surface area (Å²) in [5.74, 6) is -0.243. The van der Waals surface area contributed by atoms with Gasteiger partial charge in [0.25, 0.3) is 0 Å². The van der Waals surface area contributed by atoms with E-state index >= 15 is 0 Å². The molecule has 0 amide bonds. The van der Waals surface area contributed by atoms with Crippen LogP contribution in [0, 0.1) is 12.7 Å². The van der Waals surface area contributed by atoms with Gasteiger partial charge in [0.15, 0.2) is 0 Å². The fourth-order valence-electron chi connectivity index (χ4n) is 2.98. The standard InChI is InChI=1S/C15H21FO2/c1-10-4-5-14(16)6-13(10)9-15(17)7-11(2)18-12(3)8-15/h4-6,11-12,17H,7-9H2,1-3H3. The summed E-state index contributed by atoms with van der Waals surface area (Å²) in [6.07, 6.45) is 1.80. The predicted molar refractivity (Wildman–Crippen MR) is 69.0 cm³/mol. The molecule has 2 rings (SSSR count). The lowest BCUT2D eigenvalue weighted by Gasteiger charge is -2.39. The molecule has 1 aromatic rings. The first-order chi connectivity index (χ1) is 8.38. The number of aliphatic hydroxyl groups is 1. The average molecular weight is 252 g/mol. The van der Waals surface area contributed by atoms with Crippen LogP contribution in [-0.2, 0) is 11.2 Å². The van der Waals surface area contributed by atoms with Gasteiger partial charge < -0.3 is 9.84 Å². The number of hydrogen-bond donors (Lipinski definition) is 1. The van der Waals surface area contributed by atoms with Crippen LogP contribution in [0.5, 0.6) is 0 Å². The first kappa shape index (κ1) is 13.5. The van der Waals surface area contributed by atoms with Gasteiger partial charge in [0.05, 0.1) is 17.8 Å².